The zero-order valence-corrected chi connectivity index (χ0v) is 15.5. The van der Waals surface area contributed by atoms with Crippen LogP contribution in [0.25, 0.3) is 6.08 Å². The number of amides is 1. The van der Waals surface area contributed by atoms with Crippen LogP contribution in [0.15, 0.2) is 23.8 Å². The molecule has 1 fully saturated rings. The van der Waals surface area contributed by atoms with E-state index in [1.165, 1.54) is 19.6 Å². The fourth-order valence-corrected chi connectivity index (χ4v) is 3.12. The Kier molecular flexibility index (Phi) is 7.24. The number of nitrogens with one attached hydrogen (secondary N) is 1. The summed E-state index contributed by atoms with van der Waals surface area (Å²) in [7, 11) is 1.43. The SMILES string of the molecule is COc1cc(/C=C(\C#N)C(=O)N[C@H]2CCCC[C@H]2C)ccc1OCC(=O)O. The highest BCUT2D eigenvalue weighted by Crippen LogP contribution is 2.29. The Bertz CT molecular complexity index is 766. The maximum Gasteiger partial charge on any atom is 0.341 e. The first-order chi connectivity index (χ1) is 12.9. The van der Waals surface area contributed by atoms with Gasteiger partial charge in [-0.2, -0.15) is 5.26 Å². The van der Waals surface area contributed by atoms with Gasteiger partial charge in [0, 0.05) is 6.04 Å². The molecule has 0 spiro atoms. The molecule has 1 aliphatic rings. The fourth-order valence-electron chi connectivity index (χ4n) is 3.12. The first-order valence-corrected chi connectivity index (χ1v) is 8.90. The number of benzene rings is 1. The van der Waals surface area contributed by atoms with Crippen molar-refractivity contribution in [2.75, 3.05) is 13.7 Å². The number of aliphatic carboxylic acids is 1. The van der Waals surface area contributed by atoms with Gasteiger partial charge in [0.1, 0.15) is 11.6 Å². The maximum absolute atomic E-state index is 12.5. The van der Waals surface area contributed by atoms with E-state index in [4.69, 9.17) is 14.6 Å². The van der Waals surface area contributed by atoms with E-state index in [1.807, 2.05) is 6.07 Å². The molecule has 2 rings (SSSR count). The summed E-state index contributed by atoms with van der Waals surface area (Å²) in [4.78, 5) is 23.1. The topological polar surface area (TPSA) is 109 Å². The number of rotatable bonds is 7. The third-order valence-electron chi connectivity index (χ3n) is 4.64. The Labute approximate surface area is 158 Å². The normalized spacial score (nSPS) is 19.7. The smallest absolute Gasteiger partial charge is 0.341 e. The maximum atomic E-state index is 12.5. The molecule has 144 valence electrons. The van der Waals surface area contributed by atoms with Crippen molar-refractivity contribution in [2.24, 2.45) is 5.92 Å². The molecule has 1 aliphatic carbocycles. The van der Waals surface area contributed by atoms with Crippen LogP contribution in [0.2, 0.25) is 0 Å². The molecule has 2 atom stereocenters. The number of nitriles is 1. The molecule has 0 unspecified atom stereocenters. The summed E-state index contributed by atoms with van der Waals surface area (Å²) in [5, 5.41) is 21.0. The first kappa shape index (κ1) is 20.3. The number of carbonyl (C=O) groups is 2. The third-order valence-corrected chi connectivity index (χ3v) is 4.64. The van der Waals surface area contributed by atoms with Crippen molar-refractivity contribution in [1.29, 1.82) is 5.26 Å². The van der Waals surface area contributed by atoms with Crippen LogP contribution in [0.5, 0.6) is 11.5 Å². The van der Waals surface area contributed by atoms with E-state index < -0.39 is 12.6 Å². The summed E-state index contributed by atoms with van der Waals surface area (Å²) in [5.41, 5.74) is 0.590. The van der Waals surface area contributed by atoms with Crippen LogP contribution in [0.4, 0.5) is 0 Å². The Morgan fingerprint density at radius 3 is 2.70 bits per heavy atom. The van der Waals surface area contributed by atoms with E-state index in [0.29, 0.717) is 17.2 Å². The lowest BCUT2D eigenvalue weighted by molar-refractivity contribution is -0.139. The quantitative estimate of drug-likeness (QED) is 0.563. The highest BCUT2D eigenvalue weighted by atomic mass is 16.5. The predicted octanol–water partition coefficient (Wildman–Crippen LogP) is 2.76. The molecule has 0 aliphatic heterocycles. The van der Waals surface area contributed by atoms with Crippen LogP contribution in [0.1, 0.15) is 38.2 Å². The van der Waals surface area contributed by atoms with Gasteiger partial charge in [0.15, 0.2) is 18.1 Å². The molecule has 1 aromatic rings. The molecule has 0 radical (unpaired) electrons. The molecule has 2 N–H and O–H groups in total. The molecular weight excluding hydrogens is 348 g/mol. The van der Waals surface area contributed by atoms with E-state index in [1.54, 1.807) is 18.2 Å². The van der Waals surface area contributed by atoms with E-state index in [2.05, 4.69) is 12.2 Å². The van der Waals surface area contributed by atoms with Crippen molar-refractivity contribution in [1.82, 2.24) is 5.32 Å². The highest BCUT2D eigenvalue weighted by molar-refractivity contribution is 6.01. The van der Waals surface area contributed by atoms with Crippen LogP contribution in [-0.4, -0.2) is 36.7 Å². The summed E-state index contributed by atoms with van der Waals surface area (Å²) in [6.07, 6.45) is 5.73. The molecule has 1 amide bonds. The molecule has 1 saturated carbocycles. The summed E-state index contributed by atoms with van der Waals surface area (Å²) in [6.45, 7) is 1.62. The standard InChI is InChI=1S/C20H24N2O5/c1-13-5-3-4-6-16(13)22-20(25)15(11-21)9-14-7-8-17(18(10-14)26-2)27-12-19(23)24/h7-10,13,16H,3-6,12H2,1-2H3,(H,22,25)(H,23,24)/b15-9+/t13-,16+/m1/s1. The molecule has 7 heteroatoms. The highest BCUT2D eigenvalue weighted by Gasteiger charge is 2.24. The van der Waals surface area contributed by atoms with Crippen molar-refractivity contribution in [3.05, 3.63) is 29.3 Å². The number of methoxy groups -OCH3 is 1. The Balaban J connectivity index is 2.14. The van der Waals surface area contributed by atoms with Crippen molar-refractivity contribution in [3.63, 3.8) is 0 Å². The average molecular weight is 372 g/mol. The van der Waals surface area contributed by atoms with Crippen LogP contribution < -0.4 is 14.8 Å². The molecule has 27 heavy (non-hydrogen) atoms. The summed E-state index contributed by atoms with van der Waals surface area (Å²) < 4.78 is 10.3. The molecule has 0 saturated heterocycles. The van der Waals surface area contributed by atoms with Crippen molar-refractivity contribution >= 4 is 18.0 Å². The first-order valence-electron chi connectivity index (χ1n) is 8.90. The van der Waals surface area contributed by atoms with Crippen LogP contribution in [0, 0.1) is 17.2 Å². The summed E-state index contributed by atoms with van der Waals surface area (Å²) in [6, 6.07) is 6.80. The predicted molar refractivity (Wildman–Crippen MR) is 99.3 cm³/mol. The molecule has 0 aromatic heterocycles. The van der Waals surface area contributed by atoms with E-state index in [-0.39, 0.29) is 23.3 Å². The van der Waals surface area contributed by atoms with Gasteiger partial charge in [0.05, 0.1) is 7.11 Å². The van der Waals surface area contributed by atoms with Crippen LogP contribution in [0.3, 0.4) is 0 Å². The lowest BCUT2D eigenvalue weighted by atomic mass is 9.86. The Morgan fingerprint density at radius 1 is 1.33 bits per heavy atom. The number of hydrogen-bond acceptors (Lipinski definition) is 5. The zero-order chi connectivity index (χ0) is 19.8. The second-order valence-electron chi connectivity index (χ2n) is 6.60. The van der Waals surface area contributed by atoms with Gasteiger partial charge in [-0.05, 0) is 42.5 Å². The summed E-state index contributed by atoms with van der Waals surface area (Å²) >= 11 is 0. The number of carboxylic acids is 1. The molecule has 1 aromatic carbocycles. The van der Waals surface area contributed by atoms with Gasteiger partial charge in [-0.15, -0.1) is 0 Å². The third kappa shape index (κ3) is 5.74. The van der Waals surface area contributed by atoms with Gasteiger partial charge in [-0.3, -0.25) is 4.79 Å². The van der Waals surface area contributed by atoms with Crippen molar-refractivity contribution < 1.29 is 24.2 Å². The second kappa shape index (κ2) is 9.62. The second-order valence-corrected chi connectivity index (χ2v) is 6.60. The van der Waals surface area contributed by atoms with Gasteiger partial charge >= 0.3 is 5.97 Å². The Morgan fingerprint density at radius 2 is 2.07 bits per heavy atom. The van der Waals surface area contributed by atoms with Crippen molar-refractivity contribution in [2.45, 2.75) is 38.6 Å². The van der Waals surface area contributed by atoms with E-state index >= 15 is 0 Å². The zero-order valence-electron chi connectivity index (χ0n) is 15.5. The minimum atomic E-state index is -1.10. The van der Waals surface area contributed by atoms with Gasteiger partial charge in [-0.1, -0.05) is 25.8 Å². The van der Waals surface area contributed by atoms with E-state index in [9.17, 15) is 14.9 Å². The number of hydrogen-bond donors (Lipinski definition) is 2. The summed E-state index contributed by atoms with van der Waals surface area (Å²) in [5.74, 6) is -0.490. The molecular formula is C20H24N2O5. The van der Waals surface area contributed by atoms with Gasteiger partial charge in [0.2, 0.25) is 0 Å². The lowest BCUT2D eigenvalue weighted by Gasteiger charge is -2.29. The molecule has 0 heterocycles. The van der Waals surface area contributed by atoms with Crippen LogP contribution in [-0.2, 0) is 9.59 Å². The number of carbonyl (C=O) groups excluding carboxylic acids is 1. The fraction of sp³-hybridized carbons (Fsp3) is 0.450. The molecule has 7 nitrogen and oxygen atoms in total. The lowest BCUT2D eigenvalue weighted by Crippen LogP contribution is -2.41. The van der Waals surface area contributed by atoms with E-state index in [0.717, 1.165) is 19.3 Å². The average Bonchev–Trinajstić information content (AvgIpc) is 2.66. The monoisotopic (exact) mass is 372 g/mol. The number of nitrogens with zero attached hydrogens (tertiary/aromatic N) is 1. The number of ether oxygens (including phenoxy) is 2. The van der Waals surface area contributed by atoms with Gasteiger partial charge in [-0.25, -0.2) is 4.79 Å². The van der Waals surface area contributed by atoms with Gasteiger partial charge < -0.3 is 19.9 Å². The largest absolute Gasteiger partial charge is 0.493 e. The minimum absolute atomic E-state index is 0.00836. The number of carboxylic acid groups (broad SMARTS) is 1. The molecule has 0 bridgehead atoms. The van der Waals surface area contributed by atoms with Gasteiger partial charge in [0.25, 0.3) is 5.91 Å². The Hall–Kier alpha value is -3.01. The van der Waals surface area contributed by atoms with Crippen molar-refractivity contribution in [3.8, 4) is 17.6 Å². The van der Waals surface area contributed by atoms with Crippen LogP contribution >= 0.6 is 0 Å². The minimum Gasteiger partial charge on any atom is -0.493 e.